The molecule has 0 fully saturated rings. The van der Waals surface area contributed by atoms with E-state index < -0.39 is 12.7 Å². The summed E-state index contributed by atoms with van der Waals surface area (Å²) in [7, 11) is 1.11. The van der Waals surface area contributed by atoms with Crippen molar-refractivity contribution in [1.82, 2.24) is 0 Å². The highest BCUT2D eigenvalue weighted by molar-refractivity contribution is 7.87. The Kier molecular flexibility index (Phi) is 12.2. The van der Waals surface area contributed by atoms with E-state index >= 15 is 0 Å². The van der Waals surface area contributed by atoms with Crippen LogP contribution in [0, 0.1) is 0 Å². The number of unbranched alkanes of at least 4 members (excludes halogenated alkanes) is 9. The van der Waals surface area contributed by atoms with Crippen molar-refractivity contribution in [2.45, 2.75) is 71.1 Å². The molecule has 0 N–H and O–H groups in total. The molecule has 34 heavy (non-hydrogen) atoms. The van der Waals surface area contributed by atoms with Gasteiger partial charge in [-0.2, -0.15) is 0 Å². The van der Waals surface area contributed by atoms with Crippen molar-refractivity contribution >= 4 is 18.0 Å². The quantitative estimate of drug-likeness (QED) is 0.171. The Hall–Kier alpha value is -2.26. The molecule has 5 nitrogen and oxygen atoms in total. The van der Waals surface area contributed by atoms with Crippen LogP contribution in [-0.2, 0) is 4.57 Å². The SMILES string of the molecule is CCCCCCCCCCCCP(=O)(C(=O)c1c(OC)cc(OC)cc1OC)c1ccccc1. The second-order valence-electron chi connectivity index (χ2n) is 8.69. The van der Waals surface area contributed by atoms with Crippen LogP contribution < -0.4 is 19.5 Å². The molecule has 1 unspecified atom stereocenters. The number of methoxy groups -OCH3 is 3. The summed E-state index contributed by atoms with van der Waals surface area (Å²) in [4.78, 5) is 13.9. The normalized spacial score (nSPS) is 12.7. The summed E-state index contributed by atoms with van der Waals surface area (Å²) >= 11 is 0. The van der Waals surface area contributed by atoms with Gasteiger partial charge in [-0.05, 0) is 6.42 Å². The lowest BCUT2D eigenvalue weighted by Gasteiger charge is -2.21. The predicted octanol–water partition coefficient (Wildman–Crippen LogP) is 7.46. The molecule has 0 bridgehead atoms. The smallest absolute Gasteiger partial charge is 0.233 e. The van der Waals surface area contributed by atoms with Gasteiger partial charge in [0, 0.05) is 23.6 Å². The maximum Gasteiger partial charge on any atom is 0.233 e. The molecule has 0 amide bonds. The summed E-state index contributed by atoms with van der Waals surface area (Å²) in [5, 5.41) is 0.579. The van der Waals surface area contributed by atoms with Gasteiger partial charge in [0.2, 0.25) is 5.52 Å². The first-order valence-electron chi connectivity index (χ1n) is 12.5. The van der Waals surface area contributed by atoms with E-state index in [4.69, 9.17) is 14.2 Å². The van der Waals surface area contributed by atoms with Crippen LogP contribution in [0.2, 0.25) is 0 Å². The highest BCUT2D eigenvalue weighted by Crippen LogP contribution is 2.52. The molecule has 2 aromatic carbocycles. The summed E-state index contributed by atoms with van der Waals surface area (Å²) in [5.74, 6) is 1.12. The van der Waals surface area contributed by atoms with E-state index in [2.05, 4.69) is 6.92 Å². The van der Waals surface area contributed by atoms with Crippen LogP contribution in [0.4, 0.5) is 0 Å². The molecule has 0 heterocycles. The zero-order valence-corrected chi connectivity index (χ0v) is 22.2. The van der Waals surface area contributed by atoms with Crippen molar-refractivity contribution in [1.29, 1.82) is 0 Å². The van der Waals surface area contributed by atoms with E-state index in [0.717, 1.165) is 19.3 Å². The molecule has 0 aromatic heterocycles. The molecule has 0 aliphatic heterocycles. The third-order valence-electron chi connectivity index (χ3n) is 6.26. The summed E-state index contributed by atoms with van der Waals surface area (Å²) < 4.78 is 30.6. The van der Waals surface area contributed by atoms with Crippen LogP contribution in [0.25, 0.3) is 0 Å². The third-order valence-corrected chi connectivity index (χ3v) is 9.21. The average molecular weight is 489 g/mol. The molecule has 6 heteroatoms. The Morgan fingerprint density at radius 2 is 1.24 bits per heavy atom. The predicted molar refractivity (Wildman–Crippen MR) is 141 cm³/mol. The number of rotatable bonds is 17. The minimum absolute atomic E-state index is 0.213. The van der Waals surface area contributed by atoms with Gasteiger partial charge >= 0.3 is 0 Å². The van der Waals surface area contributed by atoms with Gasteiger partial charge in [0.1, 0.15) is 22.8 Å². The largest absolute Gasteiger partial charge is 0.496 e. The molecule has 188 valence electrons. The molecule has 0 aliphatic carbocycles. The summed E-state index contributed by atoms with van der Waals surface area (Å²) in [5.41, 5.74) is -0.212. The maximum atomic E-state index is 14.3. The van der Waals surface area contributed by atoms with Crippen LogP contribution in [0.3, 0.4) is 0 Å². The summed E-state index contributed by atoms with van der Waals surface area (Å²) in [6.07, 6.45) is 12.1. The van der Waals surface area contributed by atoms with E-state index in [-0.39, 0.29) is 5.56 Å². The fourth-order valence-electron chi connectivity index (χ4n) is 4.24. The van der Waals surface area contributed by atoms with Crippen LogP contribution in [0.15, 0.2) is 42.5 Å². The molecular formula is C28H41O5P. The first kappa shape index (κ1) is 28.0. The Labute approximate surface area is 205 Å². The van der Waals surface area contributed by atoms with Gasteiger partial charge in [0.05, 0.1) is 21.3 Å². The second kappa shape index (κ2) is 14.9. The first-order valence-corrected chi connectivity index (χ1v) is 14.4. The van der Waals surface area contributed by atoms with Crippen molar-refractivity contribution in [3.8, 4) is 17.2 Å². The Bertz CT molecular complexity index is 901. The Balaban J connectivity index is 2.15. The van der Waals surface area contributed by atoms with E-state index in [0.29, 0.717) is 28.7 Å². The Morgan fingerprint density at radius 3 is 1.71 bits per heavy atom. The van der Waals surface area contributed by atoms with E-state index in [1.165, 1.54) is 66.3 Å². The lowest BCUT2D eigenvalue weighted by Crippen LogP contribution is -2.17. The van der Waals surface area contributed by atoms with Gasteiger partial charge in [-0.3, -0.25) is 4.79 Å². The minimum Gasteiger partial charge on any atom is -0.496 e. The van der Waals surface area contributed by atoms with Gasteiger partial charge in [0.15, 0.2) is 7.14 Å². The molecule has 0 saturated carbocycles. The third kappa shape index (κ3) is 7.63. The van der Waals surface area contributed by atoms with Gasteiger partial charge in [-0.25, -0.2) is 0 Å². The van der Waals surface area contributed by atoms with Gasteiger partial charge in [-0.1, -0.05) is 95.0 Å². The molecule has 0 spiro atoms. The number of ether oxygens (including phenoxy) is 3. The Morgan fingerprint density at radius 1 is 0.735 bits per heavy atom. The van der Waals surface area contributed by atoms with Crippen molar-refractivity contribution in [2.24, 2.45) is 0 Å². The van der Waals surface area contributed by atoms with Gasteiger partial charge in [0.25, 0.3) is 0 Å². The molecule has 2 aromatic rings. The summed E-state index contributed by atoms with van der Waals surface area (Å²) in [6, 6.07) is 12.4. The number of carbonyl (C=O) groups is 1. The van der Waals surface area contributed by atoms with Gasteiger partial charge in [-0.15, -0.1) is 0 Å². The zero-order chi connectivity index (χ0) is 24.8. The molecular weight excluding hydrogens is 447 g/mol. The van der Waals surface area contributed by atoms with Crippen molar-refractivity contribution in [3.63, 3.8) is 0 Å². The minimum atomic E-state index is -3.40. The van der Waals surface area contributed by atoms with Crippen LogP contribution in [0.5, 0.6) is 17.2 Å². The number of carbonyl (C=O) groups excluding carboxylic acids is 1. The monoisotopic (exact) mass is 488 g/mol. The molecule has 0 saturated heterocycles. The van der Waals surface area contributed by atoms with E-state index in [1.54, 1.807) is 24.3 Å². The molecule has 1 atom stereocenters. The number of hydrogen-bond acceptors (Lipinski definition) is 5. The summed E-state index contributed by atoms with van der Waals surface area (Å²) in [6.45, 7) is 2.24. The standard InChI is InChI=1S/C28H41O5P/c1-5-6-7-8-9-10-11-12-13-17-20-34(30,24-18-15-14-16-19-24)28(29)27-25(32-3)21-23(31-2)22-26(27)33-4/h14-16,18-19,21-22H,5-13,17,20H2,1-4H3. The second-order valence-corrected chi connectivity index (χ2v) is 11.5. The molecule has 2 rings (SSSR count). The number of hydrogen-bond donors (Lipinski definition) is 0. The van der Waals surface area contributed by atoms with Crippen LogP contribution in [-0.4, -0.2) is 33.0 Å². The van der Waals surface area contributed by atoms with Crippen molar-refractivity contribution in [3.05, 3.63) is 48.0 Å². The topological polar surface area (TPSA) is 61.8 Å². The van der Waals surface area contributed by atoms with E-state index in [9.17, 15) is 9.36 Å². The number of benzene rings is 2. The lowest BCUT2D eigenvalue weighted by atomic mass is 10.1. The van der Waals surface area contributed by atoms with Crippen molar-refractivity contribution < 1.29 is 23.6 Å². The highest BCUT2D eigenvalue weighted by Gasteiger charge is 2.37. The van der Waals surface area contributed by atoms with E-state index in [1.807, 2.05) is 18.2 Å². The average Bonchev–Trinajstić information content (AvgIpc) is 2.88. The van der Waals surface area contributed by atoms with Gasteiger partial charge < -0.3 is 18.8 Å². The van der Waals surface area contributed by atoms with Crippen LogP contribution >= 0.6 is 7.14 Å². The fraction of sp³-hybridized carbons (Fsp3) is 0.536. The maximum absolute atomic E-state index is 14.3. The molecule has 0 radical (unpaired) electrons. The highest BCUT2D eigenvalue weighted by atomic mass is 31.2. The first-order chi connectivity index (χ1) is 16.5. The lowest BCUT2D eigenvalue weighted by molar-refractivity contribution is 0.107. The van der Waals surface area contributed by atoms with Crippen molar-refractivity contribution in [2.75, 3.05) is 27.5 Å². The molecule has 0 aliphatic rings. The zero-order valence-electron chi connectivity index (χ0n) is 21.3. The van der Waals surface area contributed by atoms with Crippen LogP contribution in [0.1, 0.15) is 81.5 Å². The fourth-order valence-corrected chi connectivity index (χ4v) is 6.84.